The maximum absolute atomic E-state index is 12.1. The first-order valence-corrected chi connectivity index (χ1v) is 7.60. The van der Waals surface area contributed by atoms with Gasteiger partial charge in [0.2, 0.25) is 0 Å². The van der Waals surface area contributed by atoms with E-state index in [4.69, 9.17) is 4.74 Å². The minimum absolute atomic E-state index is 0.172. The highest BCUT2D eigenvalue weighted by Gasteiger charge is 2.14. The van der Waals surface area contributed by atoms with Crippen molar-refractivity contribution in [3.05, 3.63) is 41.5 Å². The van der Waals surface area contributed by atoms with Crippen LogP contribution < -0.4 is 15.4 Å². The van der Waals surface area contributed by atoms with E-state index in [2.05, 4.69) is 20.8 Å². The van der Waals surface area contributed by atoms with E-state index in [9.17, 15) is 4.79 Å². The van der Waals surface area contributed by atoms with Gasteiger partial charge in [-0.25, -0.2) is 4.79 Å². The molecule has 7 heteroatoms. The Kier molecular flexibility index (Phi) is 5.56. The molecule has 2 rings (SSSR count). The first kappa shape index (κ1) is 16.8. The summed E-state index contributed by atoms with van der Waals surface area (Å²) in [6, 6.07) is 5.47. The first-order chi connectivity index (χ1) is 11.0. The summed E-state index contributed by atoms with van der Waals surface area (Å²) in [7, 11) is 1.62. The molecular weight excluding hydrogens is 294 g/mol. The minimum Gasteiger partial charge on any atom is -0.496 e. The zero-order valence-corrected chi connectivity index (χ0v) is 14.0. The summed E-state index contributed by atoms with van der Waals surface area (Å²) in [5.41, 5.74) is 2.06. The first-order valence-electron chi connectivity index (χ1n) is 7.60. The van der Waals surface area contributed by atoms with Crippen molar-refractivity contribution >= 4 is 6.03 Å². The molecule has 0 spiro atoms. The number of aromatic nitrogens is 3. The van der Waals surface area contributed by atoms with Gasteiger partial charge >= 0.3 is 6.03 Å². The van der Waals surface area contributed by atoms with Crippen LogP contribution in [0.4, 0.5) is 4.79 Å². The Hall–Kier alpha value is -2.57. The summed E-state index contributed by atoms with van der Waals surface area (Å²) in [4.78, 5) is 12.1. The fourth-order valence-electron chi connectivity index (χ4n) is 2.36. The third kappa shape index (κ3) is 4.21. The number of benzene rings is 1. The number of urea groups is 1. The molecule has 1 unspecified atom stereocenters. The van der Waals surface area contributed by atoms with E-state index in [0.29, 0.717) is 6.54 Å². The molecule has 0 aliphatic carbocycles. The predicted molar refractivity (Wildman–Crippen MR) is 87.2 cm³/mol. The van der Waals surface area contributed by atoms with Crippen LogP contribution in [0, 0.1) is 6.92 Å². The van der Waals surface area contributed by atoms with Gasteiger partial charge in [-0.2, -0.15) is 0 Å². The average molecular weight is 317 g/mol. The molecule has 0 fully saturated rings. The minimum atomic E-state index is -0.258. The predicted octanol–water partition coefficient (Wildman–Crippen LogP) is 2.18. The number of carbonyl (C=O) groups is 1. The van der Waals surface area contributed by atoms with Crippen LogP contribution in [-0.4, -0.2) is 27.9 Å². The van der Waals surface area contributed by atoms with Crippen molar-refractivity contribution in [3.63, 3.8) is 0 Å². The number of rotatable bonds is 6. The number of hydrogen-bond donors (Lipinski definition) is 2. The smallest absolute Gasteiger partial charge is 0.315 e. The molecule has 7 nitrogen and oxygen atoms in total. The highest BCUT2D eigenvalue weighted by atomic mass is 16.5. The van der Waals surface area contributed by atoms with Crippen molar-refractivity contribution in [3.8, 4) is 5.75 Å². The zero-order valence-electron chi connectivity index (χ0n) is 14.0. The normalized spacial score (nSPS) is 11.8. The van der Waals surface area contributed by atoms with Crippen LogP contribution in [-0.2, 0) is 13.1 Å². The molecule has 1 aromatic carbocycles. The number of nitrogens with one attached hydrogen (secondary N) is 2. The lowest BCUT2D eigenvalue weighted by molar-refractivity contribution is 0.237. The third-order valence-corrected chi connectivity index (χ3v) is 3.64. The van der Waals surface area contributed by atoms with E-state index >= 15 is 0 Å². The second-order valence-electron chi connectivity index (χ2n) is 5.33. The lowest BCUT2D eigenvalue weighted by Crippen LogP contribution is -2.37. The van der Waals surface area contributed by atoms with Crippen LogP contribution in [0.1, 0.15) is 36.8 Å². The summed E-state index contributed by atoms with van der Waals surface area (Å²) in [5.74, 6) is 1.48. The summed E-state index contributed by atoms with van der Waals surface area (Å²) >= 11 is 0. The summed E-state index contributed by atoms with van der Waals surface area (Å²) in [6.07, 6.45) is 1.65. The van der Waals surface area contributed by atoms with Crippen molar-refractivity contribution in [1.29, 1.82) is 0 Å². The highest BCUT2D eigenvalue weighted by Crippen LogP contribution is 2.25. The summed E-state index contributed by atoms with van der Waals surface area (Å²) in [5, 5.41) is 13.5. The number of hydrogen-bond acceptors (Lipinski definition) is 4. The second-order valence-corrected chi connectivity index (χ2v) is 5.33. The average Bonchev–Trinajstić information content (AvgIpc) is 3.00. The zero-order chi connectivity index (χ0) is 16.8. The monoisotopic (exact) mass is 317 g/mol. The Morgan fingerprint density at radius 1 is 1.43 bits per heavy atom. The molecule has 124 valence electrons. The molecule has 1 aromatic heterocycles. The van der Waals surface area contributed by atoms with E-state index in [-0.39, 0.29) is 12.1 Å². The number of ether oxygens (including phenoxy) is 1. The number of carbonyl (C=O) groups excluding carboxylic acids is 1. The van der Waals surface area contributed by atoms with E-state index in [1.807, 2.05) is 43.5 Å². The second kappa shape index (κ2) is 7.62. The van der Waals surface area contributed by atoms with E-state index < -0.39 is 0 Å². The largest absolute Gasteiger partial charge is 0.496 e. The van der Waals surface area contributed by atoms with Gasteiger partial charge in [0.15, 0.2) is 5.82 Å². The van der Waals surface area contributed by atoms with Crippen molar-refractivity contribution < 1.29 is 9.53 Å². The van der Waals surface area contributed by atoms with Gasteiger partial charge in [-0.3, -0.25) is 0 Å². The SMILES string of the molecule is CCn1cnnc1CNC(=O)NC(C)c1cc(C)ccc1OC. The Bertz CT molecular complexity index is 668. The maximum Gasteiger partial charge on any atom is 0.315 e. The lowest BCUT2D eigenvalue weighted by Gasteiger charge is -2.18. The van der Waals surface area contributed by atoms with Crippen molar-refractivity contribution in [2.75, 3.05) is 7.11 Å². The van der Waals surface area contributed by atoms with Crippen LogP contribution in [0.15, 0.2) is 24.5 Å². The molecule has 0 saturated heterocycles. The van der Waals surface area contributed by atoms with Gasteiger partial charge in [0.05, 0.1) is 19.7 Å². The van der Waals surface area contributed by atoms with Gasteiger partial charge in [-0.15, -0.1) is 10.2 Å². The van der Waals surface area contributed by atoms with E-state index in [1.54, 1.807) is 13.4 Å². The lowest BCUT2D eigenvalue weighted by atomic mass is 10.0. The molecule has 0 bridgehead atoms. The van der Waals surface area contributed by atoms with Crippen molar-refractivity contribution in [1.82, 2.24) is 25.4 Å². The van der Waals surface area contributed by atoms with Gasteiger partial charge in [0.1, 0.15) is 12.1 Å². The number of aryl methyl sites for hydroxylation is 2. The molecular formula is C16H23N5O2. The molecule has 0 aliphatic heterocycles. The molecule has 2 aromatic rings. The van der Waals surface area contributed by atoms with Gasteiger partial charge in [0.25, 0.3) is 0 Å². The van der Waals surface area contributed by atoms with Gasteiger partial charge in [-0.1, -0.05) is 17.7 Å². The fraction of sp³-hybridized carbons (Fsp3) is 0.438. The van der Waals surface area contributed by atoms with Crippen LogP contribution >= 0.6 is 0 Å². The quantitative estimate of drug-likeness (QED) is 0.855. The van der Waals surface area contributed by atoms with E-state index in [1.165, 1.54) is 0 Å². The number of nitrogens with zero attached hydrogens (tertiary/aromatic N) is 3. The standard InChI is InChI=1S/C16H23N5O2/c1-5-21-10-18-20-15(21)9-17-16(22)19-12(3)13-8-11(2)6-7-14(13)23-4/h6-8,10,12H,5,9H2,1-4H3,(H2,17,19,22). The fourth-order valence-corrected chi connectivity index (χ4v) is 2.36. The van der Waals surface area contributed by atoms with Gasteiger partial charge in [0, 0.05) is 12.1 Å². The molecule has 23 heavy (non-hydrogen) atoms. The van der Waals surface area contributed by atoms with Crippen molar-refractivity contribution in [2.45, 2.75) is 39.9 Å². The topological polar surface area (TPSA) is 81.1 Å². The maximum atomic E-state index is 12.1. The Balaban J connectivity index is 1.96. The van der Waals surface area contributed by atoms with Crippen LogP contribution in [0.3, 0.4) is 0 Å². The Labute approximate surface area is 136 Å². The third-order valence-electron chi connectivity index (χ3n) is 3.64. The molecule has 0 aliphatic rings. The molecule has 1 atom stereocenters. The number of methoxy groups -OCH3 is 1. The molecule has 0 saturated carbocycles. The molecule has 2 amide bonds. The Morgan fingerprint density at radius 2 is 2.22 bits per heavy atom. The van der Waals surface area contributed by atoms with Crippen molar-refractivity contribution in [2.24, 2.45) is 0 Å². The van der Waals surface area contributed by atoms with Crippen LogP contribution in [0.2, 0.25) is 0 Å². The van der Waals surface area contributed by atoms with E-state index in [0.717, 1.165) is 29.2 Å². The molecule has 1 heterocycles. The van der Waals surface area contributed by atoms with Gasteiger partial charge in [-0.05, 0) is 26.8 Å². The van der Waals surface area contributed by atoms with Crippen LogP contribution in [0.5, 0.6) is 5.75 Å². The molecule has 2 N–H and O–H groups in total. The summed E-state index contributed by atoms with van der Waals surface area (Å²) < 4.78 is 7.24. The van der Waals surface area contributed by atoms with Gasteiger partial charge < -0.3 is 19.9 Å². The number of amides is 2. The summed E-state index contributed by atoms with van der Waals surface area (Å²) in [6.45, 7) is 7.03. The highest BCUT2D eigenvalue weighted by molar-refractivity contribution is 5.74. The molecule has 0 radical (unpaired) electrons. The Morgan fingerprint density at radius 3 is 2.91 bits per heavy atom. The van der Waals surface area contributed by atoms with Crippen LogP contribution in [0.25, 0.3) is 0 Å².